The number of alkyl halides is 6. The van der Waals surface area contributed by atoms with E-state index in [0.29, 0.717) is 28.8 Å². The summed E-state index contributed by atoms with van der Waals surface area (Å²) in [5, 5.41) is 9.10. The summed E-state index contributed by atoms with van der Waals surface area (Å²) in [6.45, 7) is 0. The van der Waals surface area contributed by atoms with Crippen LogP contribution < -0.4 is 0 Å². The van der Waals surface area contributed by atoms with E-state index in [1.807, 2.05) is 6.07 Å². The fourth-order valence-electron chi connectivity index (χ4n) is 3.19. The molecule has 10 heteroatoms. The van der Waals surface area contributed by atoms with E-state index in [-0.39, 0.29) is 22.6 Å². The van der Waals surface area contributed by atoms with Crippen LogP contribution in [0.15, 0.2) is 72.9 Å². The fraction of sp³-hybridized carbons (Fsp3) is 0.0833. The van der Waals surface area contributed by atoms with Crippen LogP contribution in [0.3, 0.4) is 0 Å². The zero-order valence-electron chi connectivity index (χ0n) is 17.0. The molecule has 170 valence electrons. The van der Waals surface area contributed by atoms with Gasteiger partial charge in [-0.25, -0.2) is 9.97 Å². The third-order valence-corrected chi connectivity index (χ3v) is 4.81. The van der Waals surface area contributed by atoms with Crippen LogP contribution in [0.1, 0.15) is 17.0 Å². The minimum absolute atomic E-state index is 0.0278. The van der Waals surface area contributed by atoms with Gasteiger partial charge in [-0.1, -0.05) is 30.3 Å². The Morgan fingerprint density at radius 1 is 0.647 bits per heavy atom. The zero-order chi connectivity index (χ0) is 24.5. The largest absolute Gasteiger partial charge is 0.433 e. The minimum Gasteiger partial charge on any atom is -0.251 e. The number of halogens is 6. The molecule has 2 aromatic carbocycles. The second-order valence-electron chi connectivity index (χ2n) is 7.16. The molecule has 34 heavy (non-hydrogen) atoms. The monoisotopic (exact) mass is 470 g/mol. The summed E-state index contributed by atoms with van der Waals surface area (Å²) in [6, 6.07) is 17.4. The molecule has 0 saturated carbocycles. The fourth-order valence-corrected chi connectivity index (χ4v) is 3.19. The Labute approximate surface area is 189 Å². The Morgan fingerprint density at radius 3 is 1.91 bits per heavy atom. The van der Waals surface area contributed by atoms with Crippen LogP contribution in [-0.4, -0.2) is 15.0 Å². The van der Waals surface area contributed by atoms with Gasteiger partial charge in [0.15, 0.2) is 5.82 Å². The maximum absolute atomic E-state index is 13.5. The first-order valence-corrected chi connectivity index (χ1v) is 9.65. The van der Waals surface area contributed by atoms with Gasteiger partial charge in [-0.3, -0.25) is 4.98 Å². The summed E-state index contributed by atoms with van der Waals surface area (Å²) in [4.78, 5) is 11.1. The third-order valence-electron chi connectivity index (χ3n) is 4.81. The van der Waals surface area contributed by atoms with Gasteiger partial charge in [0, 0.05) is 17.3 Å². The molecule has 0 fully saturated rings. The molecule has 0 radical (unpaired) electrons. The maximum atomic E-state index is 13.5. The van der Waals surface area contributed by atoms with Crippen LogP contribution in [0.25, 0.3) is 33.8 Å². The van der Waals surface area contributed by atoms with E-state index < -0.39 is 23.7 Å². The van der Waals surface area contributed by atoms with Crippen LogP contribution in [0.4, 0.5) is 26.3 Å². The predicted molar refractivity (Wildman–Crippen MR) is 111 cm³/mol. The first-order valence-electron chi connectivity index (χ1n) is 9.65. The molecular formula is C24H12F6N4. The summed E-state index contributed by atoms with van der Waals surface area (Å²) in [7, 11) is 0. The molecule has 2 heterocycles. The summed E-state index contributed by atoms with van der Waals surface area (Å²) in [5.74, 6) is -0.261. The van der Waals surface area contributed by atoms with Crippen molar-refractivity contribution in [3.8, 4) is 39.8 Å². The first-order chi connectivity index (χ1) is 16.0. The standard InChI is InChI=1S/C24H12F6N4/c25-23(26,27)20-8-7-18(13-32-20)19-11-21(24(28,29)30)34-22(33-19)17-6-2-5-16(10-17)15-4-1-3-14(9-15)12-31/h1-11,13H. The average molecular weight is 470 g/mol. The molecule has 2 aromatic heterocycles. The van der Waals surface area contributed by atoms with E-state index in [1.54, 1.807) is 42.5 Å². The van der Waals surface area contributed by atoms with E-state index in [4.69, 9.17) is 5.26 Å². The van der Waals surface area contributed by atoms with Crippen LogP contribution in [-0.2, 0) is 12.4 Å². The molecular weight excluding hydrogens is 458 g/mol. The van der Waals surface area contributed by atoms with Gasteiger partial charge in [-0.05, 0) is 47.5 Å². The molecule has 0 aliphatic rings. The van der Waals surface area contributed by atoms with Crippen LogP contribution in [0.5, 0.6) is 0 Å². The number of hydrogen-bond acceptors (Lipinski definition) is 4. The van der Waals surface area contributed by atoms with Gasteiger partial charge in [0.25, 0.3) is 0 Å². The number of hydrogen-bond donors (Lipinski definition) is 0. The lowest BCUT2D eigenvalue weighted by molar-refractivity contribution is -0.141. The number of nitrogens with zero attached hydrogens (tertiary/aromatic N) is 4. The Balaban J connectivity index is 1.82. The second kappa shape index (κ2) is 8.59. The molecule has 0 spiro atoms. The summed E-state index contributed by atoms with van der Waals surface area (Å²) >= 11 is 0. The zero-order valence-corrected chi connectivity index (χ0v) is 17.0. The Morgan fingerprint density at radius 2 is 1.29 bits per heavy atom. The van der Waals surface area contributed by atoms with Crippen molar-refractivity contribution in [1.82, 2.24) is 15.0 Å². The van der Waals surface area contributed by atoms with Crippen molar-refractivity contribution in [2.24, 2.45) is 0 Å². The van der Waals surface area contributed by atoms with Crippen molar-refractivity contribution in [2.45, 2.75) is 12.4 Å². The normalized spacial score (nSPS) is 11.8. The summed E-state index contributed by atoms with van der Waals surface area (Å²) < 4.78 is 79.0. The maximum Gasteiger partial charge on any atom is 0.433 e. The van der Waals surface area contributed by atoms with E-state index in [0.717, 1.165) is 12.3 Å². The van der Waals surface area contributed by atoms with E-state index in [9.17, 15) is 26.3 Å². The molecule has 0 N–H and O–H groups in total. The van der Waals surface area contributed by atoms with Crippen molar-refractivity contribution >= 4 is 0 Å². The molecule has 0 saturated heterocycles. The SMILES string of the molecule is N#Cc1cccc(-c2cccc(-c3nc(-c4ccc(C(F)(F)F)nc4)cc(C(F)(F)F)n3)c2)c1. The Kier molecular flexibility index (Phi) is 5.79. The van der Waals surface area contributed by atoms with Crippen LogP contribution in [0, 0.1) is 11.3 Å². The van der Waals surface area contributed by atoms with E-state index in [1.165, 1.54) is 6.07 Å². The van der Waals surface area contributed by atoms with Crippen LogP contribution >= 0.6 is 0 Å². The lowest BCUT2D eigenvalue weighted by Gasteiger charge is -2.12. The lowest BCUT2D eigenvalue weighted by atomic mass is 10.0. The molecule has 4 aromatic rings. The van der Waals surface area contributed by atoms with Crippen molar-refractivity contribution in [3.63, 3.8) is 0 Å². The van der Waals surface area contributed by atoms with E-state index in [2.05, 4.69) is 15.0 Å². The molecule has 4 nitrogen and oxygen atoms in total. The van der Waals surface area contributed by atoms with Crippen molar-refractivity contribution in [1.29, 1.82) is 5.26 Å². The molecule has 0 unspecified atom stereocenters. The van der Waals surface area contributed by atoms with E-state index >= 15 is 0 Å². The highest BCUT2D eigenvalue weighted by Gasteiger charge is 2.35. The van der Waals surface area contributed by atoms with Gasteiger partial charge in [0.2, 0.25) is 0 Å². The summed E-state index contributed by atoms with van der Waals surface area (Å²) in [6.07, 6.45) is -8.68. The smallest absolute Gasteiger partial charge is 0.251 e. The number of rotatable bonds is 3. The van der Waals surface area contributed by atoms with Gasteiger partial charge in [-0.15, -0.1) is 0 Å². The second-order valence-corrected chi connectivity index (χ2v) is 7.16. The number of aromatic nitrogens is 3. The van der Waals surface area contributed by atoms with Crippen molar-refractivity contribution in [3.05, 3.63) is 89.9 Å². The van der Waals surface area contributed by atoms with Gasteiger partial charge in [0.1, 0.15) is 11.4 Å². The predicted octanol–water partition coefficient (Wildman–Crippen LogP) is 6.78. The first kappa shape index (κ1) is 22.9. The molecule has 0 bridgehead atoms. The number of pyridine rings is 1. The molecule has 0 amide bonds. The van der Waals surface area contributed by atoms with Gasteiger partial charge in [-0.2, -0.15) is 31.6 Å². The average Bonchev–Trinajstić information content (AvgIpc) is 2.83. The number of benzene rings is 2. The Bertz CT molecular complexity index is 1390. The van der Waals surface area contributed by atoms with Gasteiger partial charge in [0.05, 0.1) is 17.3 Å². The van der Waals surface area contributed by atoms with Gasteiger partial charge < -0.3 is 0 Å². The van der Waals surface area contributed by atoms with Crippen LogP contribution in [0.2, 0.25) is 0 Å². The van der Waals surface area contributed by atoms with Gasteiger partial charge >= 0.3 is 12.4 Å². The lowest BCUT2D eigenvalue weighted by Crippen LogP contribution is -2.11. The highest BCUT2D eigenvalue weighted by Crippen LogP contribution is 2.34. The third kappa shape index (κ3) is 4.88. The quantitative estimate of drug-likeness (QED) is 0.310. The molecule has 0 aliphatic heterocycles. The minimum atomic E-state index is -4.81. The van der Waals surface area contributed by atoms with Crippen molar-refractivity contribution in [2.75, 3.05) is 0 Å². The molecule has 0 atom stereocenters. The highest BCUT2D eigenvalue weighted by molar-refractivity contribution is 5.72. The van der Waals surface area contributed by atoms with Crippen molar-refractivity contribution < 1.29 is 26.3 Å². The topological polar surface area (TPSA) is 62.5 Å². The molecule has 4 rings (SSSR count). The highest BCUT2D eigenvalue weighted by atomic mass is 19.4. The molecule has 0 aliphatic carbocycles. The Hall–Kier alpha value is -4.26. The number of nitriles is 1. The summed E-state index contributed by atoms with van der Waals surface area (Å²) in [5.41, 5.74) is -0.718.